The van der Waals surface area contributed by atoms with Gasteiger partial charge in [0.15, 0.2) is 17.5 Å². The molecule has 7 heteroatoms. The molecule has 0 amide bonds. The highest BCUT2D eigenvalue weighted by Crippen LogP contribution is 2.43. The second kappa shape index (κ2) is 14.3. The van der Waals surface area contributed by atoms with E-state index >= 15 is 0 Å². The van der Waals surface area contributed by atoms with Crippen LogP contribution in [0.5, 0.6) is 0 Å². The van der Waals surface area contributed by atoms with Crippen LogP contribution in [0.3, 0.4) is 0 Å². The van der Waals surface area contributed by atoms with Gasteiger partial charge in [-0.15, -0.1) is 11.3 Å². The third-order valence-electron chi connectivity index (χ3n) is 13.7. The lowest BCUT2D eigenvalue weighted by molar-refractivity contribution is 0.668. The Kier molecular flexibility index (Phi) is 7.85. The molecule has 0 aliphatic heterocycles. The smallest absolute Gasteiger partial charge is 0.164 e. The van der Waals surface area contributed by atoms with Crippen molar-refractivity contribution >= 4 is 108 Å². The van der Waals surface area contributed by atoms with Gasteiger partial charge in [-0.1, -0.05) is 127 Å². The number of benzene rings is 10. The van der Waals surface area contributed by atoms with E-state index in [0.717, 1.165) is 77.5 Å². The summed E-state index contributed by atoms with van der Waals surface area (Å²) in [6.45, 7) is 0. The minimum Gasteiger partial charge on any atom is -0.456 e. The zero-order valence-electron chi connectivity index (χ0n) is 36.3. The number of nitrogens with zero attached hydrogens (tertiary/aromatic N) is 5. The number of aromatic nitrogens is 5. The van der Waals surface area contributed by atoms with Gasteiger partial charge in [0.25, 0.3) is 0 Å². The van der Waals surface area contributed by atoms with Crippen molar-refractivity contribution in [3.63, 3.8) is 0 Å². The lowest BCUT2D eigenvalue weighted by Crippen LogP contribution is -2.02. The monoisotopic (exact) mass is 885 g/mol. The van der Waals surface area contributed by atoms with E-state index in [4.69, 9.17) is 19.4 Å². The maximum absolute atomic E-state index is 6.80. The first-order valence-corrected chi connectivity index (χ1v) is 23.6. The minimum absolute atomic E-state index is 0.564. The maximum Gasteiger partial charge on any atom is 0.164 e. The summed E-state index contributed by atoms with van der Waals surface area (Å²) in [5.41, 5.74) is 10.7. The molecular formula is C61H35N5OS. The third kappa shape index (κ3) is 5.54. The molecule has 0 fully saturated rings. The first-order chi connectivity index (χ1) is 33.7. The number of hydrogen-bond donors (Lipinski definition) is 0. The molecule has 0 atom stereocenters. The Hall–Kier alpha value is -8.91. The lowest BCUT2D eigenvalue weighted by Gasteiger charge is -2.13. The SMILES string of the molecule is c1ccc(-n2c3ccccc3c3ccc(-c4nc(-c5ccc6sc7ccccc7c6c5)nc(-c5cc(-n6c7ccccc7c7cc8ccccc8cc76)cc6oc7ccccc7c56)n4)cc32)cc1. The fourth-order valence-corrected chi connectivity index (χ4v) is 11.7. The molecule has 316 valence electrons. The average Bonchev–Trinajstić information content (AvgIpc) is 4.15. The standard InChI is InChI=1S/C61H35N5OS/c1-2-16-40(17-3-1)65-50-22-10-6-18-42(50)44-28-26-39(33-52(44)65)60-62-59(38-27-29-57-48(31-38)45-20-9-13-25-56(45)68-57)63-61(64-60)49-34-41(35-55-58(49)46-21-8-12-24-54(46)67-55)66-51-23-11-7-19-43(51)47-30-36-14-4-5-15-37(36)32-53(47)66/h1-35H. The second-order valence-electron chi connectivity index (χ2n) is 17.6. The zero-order valence-corrected chi connectivity index (χ0v) is 37.1. The Bertz CT molecular complexity index is 4580. The normalized spacial score (nSPS) is 12.1. The summed E-state index contributed by atoms with van der Waals surface area (Å²) in [5.74, 6) is 1.75. The van der Waals surface area contributed by atoms with Crippen molar-refractivity contribution < 1.29 is 4.42 Å². The number of para-hydroxylation sites is 4. The van der Waals surface area contributed by atoms with Crippen LogP contribution < -0.4 is 0 Å². The summed E-state index contributed by atoms with van der Waals surface area (Å²) < 4.78 is 14.0. The van der Waals surface area contributed by atoms with Crippen molar-refractivity contribution in [1.29, 1.82) is 0 Å². The highest BCUT2D eigenvalue weighted by molar-refractivity contribution is 7.25. The average molecular weight is 886 g/mol. The van der Waals surface area contributed by atoms with Crippen LogP contribution in [0.15, 0.2) is 217 Å². The summed E-state index contributed by atoms with van der Waals surface area (Å²) in [7, 11) is 0. The maximum atomic E-state index is 6.80. The molecule has 0 aliphatic carbocycles. The molecule has 0 bridgehead atoms. The molecule has 0 unspecified atom stereocenters. The van der Waals surface area contributed by atoms with E-state index in [0.29, 0.717) is 17.5 Å². The molecule has 0 N–H and O–H groups in total. The number of hydrogen-bond acceptors (Lipinski definition) is 5. The third-order valence-corrected chi connectivity index (χ3v) is 14.9. The van der Waals surface area contributed by atoms with E-state index < -0.39 is 0 Å². The van der Waals surface area contributed by atoms with E-state index in [2.05, 4.69) is 209 Å². The molecule has 6 nitrogen and oxygen atoms in total. The summed E-state index contributed by atoms with van der Waals surface area (Å²) in [6.07, 6.45) is 0. The molecule has 0 aliphatic rings. The second-order valence-corrected chi connectivity index (χ2v) is 18.7. The predicted molar refractivity (Wildman–Crippen MR) is 282 cm³/mol. The number of rotatable bonds is 5. The molecule has 0 saturated carbocycles. The first-order valence-electron chi connectivity index (χ1n) is 22.8. The fourth-order valence-electron chi connectivity index (χ4n) is 10.7. The van der Waals surface area contributed by atoms with Crippen LogP contribution in [-0.4, -0.2) is 24.1 Å². The molecular weight excluding hydrogens is 851 g/mol. The van der Waals surface area contributed by atoms with Crippen molar-refractivity contribution in [2.45, 2.75) is 0 Å². The molecule has 0 saturated heterocycles. The number of furan rings is 1. The van der Waals surface area contributed by atoms with Gasteiger partial charge in [0.1, 0.15) is 11.2 Å². The van der Waals surface area contributed by atoms with Crippen molar-refractivity contribution in [1.82, 2.24) is 24.1 Å². The van der Waals surface area contributed by atoms with Gasteiger partial charge in [-0.2, -0.15) is 0 Å². The molecule has 10 aromatic carbocycles. The van der Waals surface area contributed by atoms with E-state index in [1.807, 2.05) is 12.1 Å². The fraction of sp³-hybridized carbons (Fsp3) is 0. The van der Waals surface area contributed by atoms with Gasteiger partial charge in [0.2, 0.25) is 0 Å². The van der Waals surface area contributed by atoms with Crippen LogP contribution in [0.4, 0.5) is 0 Å². The van der Waals surface area contributed by atoms with Crippen LogP contribution in [0.25, 0.3) is 142 Å². The Balaban J connectivity index is 1.03. The van der Waals surface area contributed by atoms with Crippen molar-refractivity contribution in [2.75, 3.05) is 0 Å². The van der Waals surface area contributed by atoms with Crippen LogP contribution in [-0.2, 0) is 0 Å². The first kappa shape index (κ1) is 37.3. The van der Waals surface area contributed by atoms with Crippen molar-refractivity contribution in [3.05, 3.63) is 212 Å². The Morgan fingerprint density at radius 3 is 1.72 bits per heavy atom. The van der Waals surface area contributed by atoms with Gasteiger partial charge in [0.05, 0.1) is 27.8 Å². The van der Waals surface area contributed by atoms with Crippen molar-refractivity contribution in [2.24, 2.45) is 0 Å². The molecule has 5 heterocycles. The van der Waals surface area contributed by atoms with Crippen LogP contribution in [0, 0.1) is 0 Å². The summed E-state index contributed by atoms with van der Waals surface area (Å²) in [5, 5.41) is 11.5. The highest BCUT2D eigenvalue weighted by atomic mass is 32.1. The molecule has 68 heavy (non-hydrogen) atoms. The van der Waals surface area contributed by atoms with Gasteiger partial charge in [-0.05, 0) is 89.6 Å². The summed E-state index contributed by atoms with van der Waals surface area (Å²) in [6, 6.07) is 75.6. The van der Waals surface area contributed by atoms with Gasteiger partial charge in [0, 0.05) is 80.9 Å². The molecule has 0 spiro atoms. The van der Waals surface area contributed by atoms with Gasteiger partial charge >= 0.3 is 0 Å². The Morgan fingerprint density at radius 2 is 0.912 bits per heavy atom. The number of fused-ring (bicyclic) bond motifs is 13. The minimum atomic E-state index is 0.564. The Morgan fingerprint density at radius 1 is 0.338 bits per heavy atom. The van der Waals surface area contributed by atoms with Gasteiger partial charge in [-0.25, -0.2) is 15.0 Å². The largest absolute Gasteiger partial charge is 0.456 e. The van der Waals surface area contributed by atoms with E-state index in [9.17, 15) is 0 Å². The van der Waals surface area contributed by atoms with Gasteiger partial charge in [-0.3, -0.25) is 0 Å². The predicted octanol–water partition coefficient (Wildman–Crippen LogP) is 16.5. The molecule has 15 aromatic rings. The summed E-state index contributed by atoms with van der Waals surface area (Å²) in [4.78, 5) is 16.4. The molecule has 5 aromatic heterocycles. The Labute approximate surface area is 392 Å². The molecule has 0 radical (unpaired) electrons. The van der Waals surface area contributed by atoms with Crippen LogP contribution in [0.1, 0.15) is 0 Å². The van der Waals surface area contributed by atoms with E-state index in [1.54, 1.807) is 11.3 Å². The van der Waals surface area contributed by atoms with Gasteiger partial charge < -0.3 is 13.6 Å². The highest BCUT2D eigenvalue weighted by Gasteiger charge is 2.23. The van der Waals surface area contributed by atoms with E-state index in [1.165, 1.54) is 47.1 Å². The van der Waals surface area contributed by atoms with Crippen molar-refractivity contribution in [3.8, 4) is 45.5 Å². The van der Waals surface area contributed by atoms with Crippen LogP contribution >= 0.6 is 11.3 Å². The lowest BCUT2D eigenvalue weighted by atomic mass is 10.0. The van der Waals surface area contributed by atoms with E-state index in [-0.39, 0.29) is 0 Å². The molecule has 15 rings (SSSR count). The topological polar surface area (TPSA) is 61.7 Å². The zero-order chi connectivity index (χ0) is 44.5. The van der Waals surface area contributed by atoms with Crippen LogP contribution in [0.2, 0.25) is 0 Å². The summed E-state index contributed by atoms with van der Waals surface area (Å²) >= 11 is 1.81. The number of thiophene rings is 1. The quantitative estimate of drug-likeness (QED) is 0.173.